The predicted octanol–water partition coefficient (Wildman–Crippen LogP) is 4.25. The summed E-state index contributed by atoms with van der Waals surface area (Å²) in [5.74, 6) is 0.119. The van der Waals surface area contributed by atoms with Crippen LogP contribution in [0.3, 0.4) is 0 Å². The van der Waals surface area contributed by atoms with Gasteiger partial charge in [0.05, 0.1) is 6.61 Å². The minimum Gasteiger partial charge on any atom is -0.463 e. The summed E-state index contributed by atoms with van der Waals surface area (Å²) in [6.07, 6.45) is 11.5. The summed E-state index contributed by atoms with van der Waals surface area (Å²) in [6.45, 7) is 7.89. The number of unbranched alkanes of at least 4 members (excludes halogenated alkanes) is 2. The molecule has 4 nitrogen and oxygen atoms in total. The number of carbonyl (C=O) groups is 2. The van der Waals surface area contributed by atoms with Gasteiger partial charge in [0, 0.05) is 6.08 Å². The lowest BCUT2D eigenvalue weighted by atomic mass is 10.0. The van der Waals surface area contributed by atoms with Gasteiger partial charge in [-0.25, -0.2) is 4.79 Å². The van der Waals surface area contributed by atoms with Crippen LogP contribution in [0, 0.1) is 0 Å². The van der Waals surface area contributed by atoms with Crippen molar-refractivity contribution in [3.05, 3.63) is 73.4 Å². The maximum Gasteiger partial charge on any atom is 0.330 e. The first kappa shape index (κ1) is 19.2. The van der Waals surface area contributed by atoms with Gasteiger partial charge in [0.2, 0.25) is 0 Å². The van der Waals surface area contributed by atoms with Crippen LogP contribution in [-0.2, 0) is 14.3 Å². The second-order valence-corrected chi connectivity index (χ2v) is 4.87. The van der Waals surface area contributed by atoms with Crippen LogP contribution in [0.15, 0.2) is 67.8 Å². The van der Waals surface area contributed by atoms with Gasteiger partial charge in [-0.2, -0.15) is 0 Å². The van der Waals surface area contributed by atoms with Crippen molar-refractivity contribution in [3.63, 3.8) is 0 Å². The Kier molecular flexibility index (Phi) is 9.31. The summed E-state index contributed by atoms with van der Waals surface area (Å²) < 4.78 is 9.70. The van der Waals surface area contributed by atoms with Crippen LogP contribution in [-0.4, -0.2) is 19.0 Å². The van der Waals surface area contributed by atoms with E-state index in [4.69, 9.17) is 9.47 Å². The highest BCUT2D eigenvalue weighted by molar-refractivity contribution is 5.81. The van der Waals surface area contributed by atoms with Gasteiger partial charge >= 0.3 is 5.97 Å². The molecule has 0 spiro atoms. The zero-order valence-corrected chi connectivity index (χ0v) is 13.6. The summed E-state index contributed by atoms with van der Waals surface area (Å²) >= 11 is 0. The lowest BCUT2D eigenvalue weighted by molar-refractivity contribution is -0.137. The molecule has 0 N–H and O–H groups in total. The Morgan fingerprint density at radius 1 is 1.12 bits per heavy atom. The first-order valence-corrected chi connectivity index (χ1v) is 7.70. The van der Waals surface area contributed by atoms with Crippen molar-refractivity contribution in [3.8, 4) is 5.75 Å². The Hall–Kier alpha value is -2.88. The maximum atomic E-state index is 10.9. The molecule has 0 aliphatic carbocycles. The summed E-state index contributed by atoms with van der Waals surface area (Å²) in [4.78, 5) is 21.2. The molecule has 1 aromatic rings. The van der Waals surface area contributed by atoms with E-state index in [1.165, 1.54) is 0 Å². The lowest BCUT2D eigenvalue weighted by Crippen LogP contribution is -2.01. The normalized spacial score (nSPS) is 11.1. The first-order chi connectivity index (χ1) is 11.7. The fourth-order valence-corrected chi connectivity index (χ4v) is 1.96. The zero-order chi connectivity index (χ0) is 17.6. The predicted molar refractivity (Wildman–Crippen MR) is 95.5 cm³/mol. The summed E-state index contributed by atoms with van der Waals surface area (Å²) in [7, 11) is 0. The number of allylic oxidation sites excluding steroid dienone is 5. The zero-order valence-electron chi connectivity index (χ0n) is 13.6. The number of carbonyl (C=O) groups excluding carboxylic acids is 2. The van der Waals surface area contributed by atoms with E-state index in [1.54, 1.807) is 18.2 Å². The first-order valence-electron chi connectivity index (χ1n) is 7.70. The molecule has 0 atom stereocenters. The number of benzene rings is 1. The smallest absolute Gasteiger partial charge is 0.330 e. The van der Waals surface area contributed by atoms with Crippen LogP contribution < -0.4 is 4.74 Å². The van der Waals surface area contributed by atoms with E-state index in [9.17, 15) is 9.59 Å². The van der Waals surface area contributed by atoms with E-state index in [0.29, 0.717) is 18.8 Å². The number of esters is 1. The molecule has 0 radical (unpaired) electrons. The van der Waals surface area contributed by atoms with Crippen molar-refractivity contribution in [1.29, 1.82) is 0 Å². The Bertz CT molecular complexity index is 609. The largest absolute Gasteiger partial charge is 0.463 e. The number of hydrogen-bond acceptors (Lipinski definition) is 4. The van der Waals surface area contributed by atoms with Gasteiger partial charge in [0.15, 0.2) is 0 Å². The van der Waals surface area contributed by atoms with Gasteiger partial charge in [-0.3, -0.25) is 4.79 Å². The molecule has 1 aromatic carbocycles. The van der Waals surface area contributed by atoms with Crippen LogP contribution in [0.1, 0.15) is 24.8 Å². The molecule has 1 rings (SSSR count). The van der Waals surface area contributed by atoms with Crippen molar-refractivity contribution in [2.75, 3.05) is 6.61 Å². The summed E-state index contributed by atoms with van der Waals surface area (Å²) in [5.41, 5.74) is 2.02. The molecule has 0 saturated heterocycles. The molecule has 0 aromatic heterocycles. The molecule has 0 amide bonds. The third-order valence-electron chi connectivity index (χ3n) is 3.14. The van der Waals surface area contributed by atoms with Gasteiger partial charge in [-0.15, -0.1) is 0 Å². The second kappa shape index (κ2) is 11.7. The summed E-state index contributed by atoms with van der Waals surface area (Å²) in [6, 6.07) is 7.24. The van der Waals surface area contributed by atoms with E-state index in [-0.39, 0.29) is 5.97 Å². The van der Waals surface area contributed by atoms with Crippen LogP contribution in [0.4, 0.5) is 0 Å². The van der Waals surface area contributed by atoms with E-state index in [2.05, 4.69) is 19.2 Å². The van der Waals surface area contributed by atoms with Gasteiger partial charge in [0.25, 0.3) is 6.47 Å². The van der Waals surface area contributed by atoms with E-state index >= 15 is 0 Å². The fourth-order valence-electron chi connectivity index (χ4n) is 1.96. The monoisotopic (exact) mass is 326 g/mol. The van der Waals surface area contributed by atoms with Crippen LogP contribution in [0.25, 0.3) is 5.57 Å². The molecule has 0 saturated carbocycles. The molecule has 0 bridgehead atoms. The fraction of sp³-hybridized carbons (Fsp3) is 0.200. The average molecular weight is 326 g/mol. The molecule has 126 valence electrons. The highest BCUT2D eigenvalue weighted by Gasteiger charge is 1.99. The van der Waals surface area contributed by atoms with Gasteiger partial charge < -0.3 is 9.47 Å². The Morgan fingerprint density at radius 2 is 1.88 bits per heavy atom. The highest BCUT2D eigenvalue weighted by atomic mass is 16.5. The molecule has 0 heterocycles. The molecule has 0 unspecified atom stereocenters. The van der Waals surface area contributed by atoms with Gasteiger partial charge in [0.1, 0.15) is 5.75 Å². The van der Waals surface area contributed by atoms with E-state index < -0.39 is 0 Å². The average Bonchev–Trinajstić information content (AvgIpc) is 2.60. The standard InChI is InChI=1S/C20H22O4/c1-3-9-17(18-11-13-19(14-12-18)24-16-21)10-7-5-6-8-15-23-20(22)4-2/h3-4,7,9-14,16H,1-2,5-6,8,15H2/b10-7-,17-9+. The SMILES string of the molecule is C=C/C=C(\C=C/CCCCOC(=O)C=C)c1ccc(OC=O)cc1. The van der Waals surface area contributed by atoms with Gasteiger partial charge in [-0.05, 0) is 42.5 Å². The summed E-state index contributed by atoms with van der Waals surface area (Å²) in [5, 5.41) is 0. The second-order valence-electron chi connectivity index (χ2n) is 4.87. The highest BCUT2D eigenvalue weighted by Crippen LogP contribution is 2.20. The number of rotatable bonds is 11. The molecular weight excluding hydrogens is 304 g/mol. The lowest BCUT2D eigenvalue weighted by Gasteiger charge is -2.04. The third kappa shape index (κ3) is 7.40. The Labute approximate surface area is 142 Å². The van der Waals surface area contributed by atoms with Crippen molar-refractivity contribution < 1.29 is 19.1 Å². The van der Waals surface area contributed by atoms with Crippen molar-refractivity contribution in [2.45, 2.75) is 19.3 Å². The molecule has 4 heteroatoms. The topological polar surface area (TPSA) is 52.6 Å². The van der Waals surface area contributed by atoms with Crippen LogP contribution in [0.2, 0.25) is 0 Å². The number of hydrogen-bond donors (Lipinski definition) is 0. The van der Waals surface area contributed by atoms with Crippen LogP contribution in [0.5, 0.6) is 5.75 Å². The maximum absolute atomic E-state index is 10.9. The molecule has 24 heavy (non-hydrogen) atoms. The third-order valence-corrected chi connectivity index (χ3v) is 3.14. The van der Waals surface area contributed by atoms with Crippen molar-refractivity contribution >= 4 is 18.0 Å². The molecule has 0 aliphatic heterocycles. The van der Waals surface area contributed by atoms with Crippen LogP contribution >= 0.6 is 0 Å². The van der Waals surface area contributed by atoms with Crippen molar-refractivity contribution in [2.24, 2.45) is 0 Å². The minimum atomic E-state index is -0.385. The Balaban J connectivity index is 2.49. The molecular formula is C20H22O4. The van der Waals surface area contributed by atoms with Gasteiger partial charge in [-0.1, -0.05) is 49.6 Å². The number of ether oxygens (including phenoxy) is 2. The molecule has 0 aliphatic rings. The Morgan fingerprint density at radius 3 is 2.50 bits per heavy atom. The quantitative estimate of drug-likeness (QED) is 0.201. The molecule has 0 fully saturated rings. The van der Waals surface area contributed by atoms with E-state index in [1.807, 2.05) is 24.3 Å². The minimum absolute atomic E-state index is 0.385. The van der Waals surface area contributed by atoms with Crippen molar-refractivity contribution in [1.82, 2.24) is 0 Å². The van der Waals surface area contributed by atoms with E-state index in [0.717, 1.165) is 36.5 Å².